The van der Waals surface area contributed by atoms with Gasteiger partial charge < -0.3 is 25.7 Å². The first kappa shape index (κ1) is 11.1. The van der Waals surface area contributed by atoms with Crippen molar-refractivity contribution < 1.29 is 25.2 Å². The van der Waals surface area contributed by atoms with Gasteiger partial charge in [-0.3, -0.25) is 0 Å². The lowest BCUT2D eigenvalue weighted by Crippen LogP contribution is -2.32. The van der Waals surface area contributed by atoms with E-state index in [0.717, 1.165) is 0 Å². The number of hydrogen-bond donors (Lipinski definition) is 5. The van der Waals surface area contributed by atoms with Crippen LogP contribution in [-0.4, -0.2) is 39.0 Å². The summed E-state index contributed by atoms with van der Waals surface area (Å²) in [6.07, 6.45) is 0. The summed E-state index contributed by atoms with van der Waals surface area (Å²) in [7, 11) is 0. The summed E-state index contributed by atoms with van der Waals surface area (Å²) in [5.41, 5.74) is 0.298. The first-order chi connectivity index (χ1) is 7.04. The Morgan fingerprint density at radius 3 is 2.47 bits per heavy atom. The van der Waals surface area contributed by atoms with Crippen LogP contribution in [0.15, 0.2) is 18.2 Å². The van der Waals surface area contributed by atoms with Crippen LogP contribution in [-0.2, 0) is 4.79 Å². The Labute approximate surface area is 85.4 Å². The molecular weight excluding hydrogens is 202 g/mol. The van der Waals surface area contributed by atoms with Crippen molar-refractivity contribution in [2.24, 2.45) is 0 Å². The molecule has 0 heterocycles. The van der Waals surface area contributed by atoms with Gasteiger partial charge in [0.15, 0.2) is 11.5 Å². The number of phenolic OH excluding ortho intramolecular Hbond substituents is 2. The van der Waals surface area contributed by atoms with E-state index < -0.39 is 18.6 Å². The van der Waals surface area contributed by atoms with Gasteiger partial charge in [0.1, 0.15) is 6.04 Å². The third-order valence-electron chi connectivity index (χ3n) is 1.80. The number of carboxylic acid groups (broad SMARTS) is 1. The highest BCUT2D eigenvalue weighted by molar-refractivity contribution is 5.77. The third kappa shape index (κ3) is 2.75. The fourth-order valence-corrected chi connectivity index (χ4v) is 1.000. The molecule has 0 aliphatic rings. The minimum Gasteiger partial charge on any atom is -0.504 e. The second-order valence-corrected chi connectivity index (χ2v) is 2.92. The van der Waals surface area contributed by atoms with Crippen LogP contribution < -0.4 is 5.32 Å². The van der Waals surface area contributed by atoms with Gasteiger partial charge in [-0.2, -0.15) is 0 Å². The van der Waals surface area contributed by atoms with Gasteiger partial charge in [0, 0.05) is 11.8 Å². The highest BCUT2D eigenvalue weighted by atomic mass is 16.4. The standard InChI is InChI=1S/C9H11NO5/c11-4-6(9(14)15)10-5-1-2-7(12)8(13)3-5/h1-3,6,10-13H,4H2,(H,14,15)/t6-/m0/s1. The molecule has 0 saturated carbocycles. The predicted octanol–water partition coefficient (Wildman–Crippen LogP) is -0.0448. The molecule has 0 unspecified atom stereocenters. The smallest absolute Gasteiger partial charge is 0.328 e. The maximum Gasteiger partial charge on any atom is 0.328 e. The number of aliphatic hydroxyl groups is 1. The van der Waals surface area contributed by atoms with Gasteiger partial charge in [0.25, 0.3) is 0 Å². The lowest BCUT2D eigenvalue weighted by atomic mass is 10.2. The molecule has 6 heteroatoms. The van der Waals surface area contributed by atoms with Gasteiger partial charge in [0.05, 0.1) is 6.61 Å². The highest BCUT2D eigenvalue weighted by Crippen LogP contribution is 2.27. The average molecular weight is 213 g/mol. The molecule has 1 rings (SSSR count). The molecule has 0 bridgehead atoms. The lowest BCUT2D eigenvalue weighted by Gasteiger charge is -2.13. The molecule has 0 aromatic heterocycles. The molecule has 0 fully saturated rings. The zero-order valence-electron chi connectivity index (χ0n) is 7.71. The Bertz CT molecular complexity index is 366. The summed E-state index contributed by atoms with van der Waals surface area (Å²) in [4.78, 5) is 10.6. The van der Waals surface area contributed by atoms with Gasteiger partial charge >= 0.3 is 5.97 Å². The van der Waals surface area contributed by atoms with Crippen molar-refractivity contribution in [2.45, 2.75) is 6.04 Å². The molecule has 0 amide bonds. The SMILES string of the molecule is O=C(O)[C@H](CO)Nc1ccc(O)c(O)c1. The van der Waals surface area contributed by atoms with Gasteiger partial charge in [-0.1, -0.05) is 0 Å². The molecule has 0 radical (unpaired) electrons. The zero-order valence-corrected chi connectivity index (χ0v) is 7.71. The highest BCUT2D eigenvalue weighted by Gasteiger charge is 2.15. The second kappa shape index (κ2) is 4.52. The maximum absolute atomic E-state index is 10.6. The summed E-state index contributed by atoms with van der Waals surface area (Å²) in [5, 5.41) is 38.0. The normalized spacial score (nSPS) is 12.1. The van der Waals surface area contributed by atoms with Crippen molar-refractivity contribution in [2.75, 3.05) is 11.9 Å². The van der Waals surface area contributed by atoms with Gasteiger partial charge in [0.2, 0.25) is 0 Å². The van der Waals surface area contributed by atoms with E-state index in [-0.39, 0.29) is 11.5 Å². The van der Waals surface area contributed by atoms with Crippen LogP contribution in [0.3, 0.4) is 0 Å². The Kier molecular flexibility index (Phi) is 3.35. The van der Waals surface area contributed by atoms with Gasteiger partial charge in [-0.15, -0.1) is 0 Å². The molecule has 6 nitrogen and oxygen atoms in total. The topological polar surface area (TPSA) is 110 Å². The maximum atomic E-state index is 10.6. The summed E-state index contributed by atoms with van der Waals surface area (Å²) >= 11 is 0. The van der Waals surface area contributed by atoms with Crippen molar-refractivity contribution in [1.29, 1.82) is 0 Å². The number of aliphatic hydroxyl groups excluding tert-OH is 1. The van der Waals surface area contributed by atoms with E-state index in [1.807, 2.05) is 0 Å². The number of rotatable bonds is 4. The average Bonchev–Trinajstić information content (AvgIpc) is 2.19. The fraction of sp³-hybridized carbons (Fsp3) is 0.222. The Morgan fingerprint density at radius 2 is 2.00 bits per heavy atom. The van der Waals surface area contributed by atoms with Crippen molar-refractivity contribution in [1.82, 2.24) is 0 Å². The second-order valence-electron chi connectivity index (χ2n) is 2.92. The molecule has 1 atom stereocenters. The number of phenols is 2. The van der Waals surface area contributed by atoms with Crippen molar-refractivity contribution >= 4 is 11.7 Å². The molecule has 82 valence electrons. The van der Waals surface area contributed by atoms with Crippen molar-refractivity contribution in [3.63, 3.8) is 0 Å². The molecule has 5 N–H and O–H groups in total. The Hall–Kier alpha value is -1.95. The number of nitrogens with one attached hydrogen (secondary N) is 1. The Balaban J connectivity index is 2.80. The summed E-state index contributed by atoms with van der Waals surface area (Å²) in [6, 6.07) is 2.63. The molecule has 0 aliphatic carbocycles. The van der Waals surface area contributed by atoms with E-state index in [1.165, 1.54) is 18.2 Å². The number of carbonyl (C=O) groups is 1. The van der Waals surface area contributed by atoms with Crippen LogP contribution in [0.1, 0.15) is 0 Å². The number of aromatic hydroxyl groups is 2. The molecule has 1 aromatic rings. The monoisotopic (exact) mass is 213 g/mol. The van der Waals surface area contributed by atoms with Crippen molar-refractivity contribution in [3.05, 3.63) is 18.2 Å². The van der Waals surface area contributed by atoms with E-state index in [1.54, 1.807) is 0 Å². The van der Waals surface area contributed by atoms with E-state index >= 15 is 0 Å². The molecule has 0 spiro atoms. The lowest BCUT2D eigenvalue weighted by molar-refractivity contribution is -0.138. The Morgan fingerprint density at radius 1 is 1.33 bits per heavy atom. The van der Waals surface area contributed by atoms with Crippen LogP contribution in [0, 0.1) is 0 Å². The van der Waals surface area contributed by atoms with Gasteiger partial charge in [-0.05, 0) is 12.1 Å². The number of carboxylic acids is 1. The summed E-state index contributed by atoms with van der Waals surface area (Å²) in [6.45, 7) is -0.572. The number of aliphatic carboxylic acids is 1. The van der Waals surface area contributed by atoms with Gasteiger partial charge in [-0.25, -0.2) is 4.79 Å². The quantitative estimate of drug-likeness (QED) is 0.354. The van der Waals surface area contributed by atoms with Crippen LogP contribution in [0.2, 0.25) is 0 Å². The zero-order chi connectivity index (χ0) is 11.4. The molecular formula is C9H11NO5. The molecule has 15 heavy (non-hydrogen) atoms. The predicted molar refractivity (Wildman–Crippen MR) is 51.9 cm³/mol. The van der Waals surface area contributed by atoms with Crippen LogP contribution >= 0.6 is 0 Å². The fourth-order valence-electron chi connectivity index (χ4n) is 1.000. The largest absolute Gasteiger partial charge is 0.504 e. The minimum atomic E-state index is -1.20. The molecule has 0 aliphatic heterocycles. The third-order valence-corrected chi connectivity index (χ3v) is 1.80. The van der Waals surface area contributed by atoms with Crippen molar-refractivity contribution in [3.8, 4) is 11.5 Å². The number of hydrogen-bond acceptors (Lipinski definition) is 5. The molecule has 0 saturated heterocycles. The number of benzene rings is 1. The first-order valence-electron chi connectivity index (χ1n) is 4.16. The van der Waals surface area contributed by atoms with E-state index in [2.05, 4.69) is 5.32 Å². The van der Waals surface area contributed by atoms with E-state index in [4.69, 9.17) is 20.4 Å². The van der Waals surface area contributed by atoms with Crippen LogP contribution in [0.25, 0.3) is 0 Å². The van der Waals surface area contributed by atoms with E-state index in [9.17, 15) is 4.79 Å². The molecule has 1 aromatic carbocycles. The van der Waals surface area contributed by atoms with Crippen LogP contribution in [0.5, 0.6) is 11.5 Å². The summed E-state index contributed by atoms with van der Waals surface area (Å²) < 4.78 is 0. The van der Waals surface area contributed by atoms with Crippen LogP contribution in [0.4, 0.5) is 5.69 Å². The minimum absolute atomic E-state index is 0.295. The number of anilines is 1. The van der Waals surface area contributed by atoms with E-state index in [0.29, 0.717) is 5.69 Å². The summed E-state index contributed by atoms with van der Waals surface area (Å²) in [5.74, 6) is -1.86. The first-order valence-corrected chi connectivity index (χ1v) is 4.16.